The van der Waals surface area contributed by atoms with Crippen LogP contribution < -0.4 is 10.5 Å². The number of nitrogens with two attached hydrogens (primary N) is 1. The van der Waals surface area contributed by atoms with Crippen LogP contribution in [0.15, 0.2) is 42.5 Å². The number of nitrogens with zero attached hydrogens (tertiary/aromatic N) is 1. The van der Waals surface area contributed by atoms with Gasteiger partial charge in [-0.05, 0) is 30.7 Å². The van der Waals surface area contributed by atoms with E-state index in [1.54, 1.807) is 17.4 Å². The highest BCUT2D eigenvalue weighted by atomic mass is 32.1. The lowest BCUT2D eigenvalue weighted by Gasteiger charge is -2.09. The predicted octanol–water partition coefficient (Wildman–Crippen LogP) is 3.47. The molecule has 0 atom stereocenters. The Bertz CT molecular complexity index is 777. The van der Waals surface area contributed by atoms with Gasteiger partial charge >= 0.3 is 0 Å². The number of thiazole rings is 1. The molecule has 21 heavy (non-hydrogen) atoms. The van der Waals surface area contributed by atoms with Gasteiger partial charge < -0.3 is 10.5 Å². The molecule has 2 aromatic carbocycles. The van der Waals surface area contributed by atoms with Gasteiger partial charge in [-0.3, -0.25) is 5.41 Å². The summed E-state index contributed by atoms with van der Waals surface area (Å²) in [6.07, 6.45) is 0. The molecule has 0 aliphatic carbocycles. The maximum atomic E-state index is 7.48. The van der Waals surface area contributed by atoms with Gasteiger partial charge in [0.15, 0.2) is 0 Å². The van der Waals surface area contributed by atoms with Crippen molar-refractivity contribution in [2.45, 2.75) is 13.5 Å². The van der Waals surface area contributed by atoms with E-state index < -0.39 is 0 Å². The van der Waals surface area contributed by atoms with Gasteiger partial charge in [-0.25, -0.2) is 4.98 Å². The summed E-state index contributed by atoms with van der Waals surface area (Å²) in [6, 6.07) is 13.6. The molecule has 0 aliphatic rings. The lowest BCUT2D eigenvalue weighted by molar-refractivity contribution is 0.303. The van der Waals surface area contributed by atoms with Gasteiger partial charge in [0.25, 0.3) is 0 Å². The fourth-order valence-electron chi connectivity index (χ4n) is 2.04. The van der Waals surface area contributed by atoms with E-state index in [2.05, 4.69) is 11.1 Å². The Balaban J connectivity index is 1.80. The highest BCUT2D eigenvalue weighted by Crippen LogP contribution is 2.25. The summed E-state index contributed by atoms with van der Waals surface area (Å²) >= 11 is 1.63. The minimum atomic E-state index is 0.0415. The van der Waals surface area contributed by atoms with Gasteiger partial charge in [-0.15, -0.1) is 11.3 Å². The number of fused-ring (bicyclic) bond motifs is 1. The number of hydrogen-bond donors (Lipinski definition) is 2. The number of para-hydroxylation sites is 1. The highest BCUT2D eigenvalue weighted by Gasteiger charge is 2.07. The van der Waals surface area contributed by atoms with Crippen molar-refractivity contribution in [1.82, 2.24) is 4.98 Å². The number of nitrogens with one attached hydrogen (secondary N) is 1. The van der Waals surface area contributed by atoms with Gasteiger partial charge in [0, 0.05) is 5.56 Å². The third-order valence-electron chi connectivity index (χ3n) is 3.19. The topological polar surface area (TPSA) is 72.0 Å². The van der Waals surface area contributed by atoms with E-state index in [9.17, 15) is 0 Å². The molecular weight excluding hydrogens is 282 g/mol. The van der Waals surface area contributed by atoms with E-state index in [-0.39, 0.29) is 5.84 Å². The lowest BCUT2D eigenvalue weighted by atomic mass is 10.1. The molecule has 5 heteroatoms. The molecule has 0 radical (unpaired) electrons. The first kappa shape index (κ1) is 13.6. The van der Waals surface area contributed by atoms with E-state index in [0.29, 0.717) is 12.2 Å². The average molecular weight is 297 g/mol. The zero-order chi connectivity index (χ0) is 14.8. The van der Waals surface area contributed by atoms with Gasteiger partial charge in [-0.2, -0.15) is 0 Å². The monoisotopic (exact) mass is 297 g/mol. The SMILES string of the molecule is Cc1ccc(C(=N)N)cc1OCc1nc2ccccc2s1. The first-order valence-corrected chi connectivity index (χ1v) is 7.37. The Morgan fingerprint density at radius 1 is 1.29 bits per heavy atom. The van der Waals surface area contributed by atoms with Gasteiger partial charge in [0.2, 0.25) is 0 Å². The van der Waals surface area contributed by atoms with E-state index >= 15 is 0 Å². The molecule has 0 amide bonds. The Labute approximate surface area is 126 Å². The van der Waals surface area contributed by atoms with Crippen molar-refractivity contribution in [2.24, 2.45) is 5.73 Å². The number of hydrogen-bond acceptors (Lipinski definition) is 4. The maximum absolute atomic E-state index is 7.48. The summed E-state index contributed by atoms with van der Waals surface area (Å²) in [5.41, 5.74) is 8.19. The number of ether oxygens (including phenoxy) is 1. The number of nitrogen functional groups attached to an aromatic ring is 1. The van der Waals surface area contributed by atoms with Crippen LogP contribution in [0, 0.1) is 12.3 Å². The van der Waals surface area contributed by atoms with E-state index in [1.165, 1.54) is 0 Å². The molecule has 0 spiro atoms. The molecule has 0 saturated heterocycles. The fraction of sp³-hybridized carbons (Fsp3) is 0.125. The van der Waals surface area contributed by atoms with Crippen molar-refractivity contribution in [3.05, 3.63) is 58.6 Å². The van der Waals surface area contributed by atoms with Crippen molar-refractivity contribution in [2.75, 3.05) is 0 Å². The van der Waals surface area contributed by atoms with Crippen LogP contribution in [0.2, 0.25) is 0 Å². The van der Waals surface area contributed by atoms with Crippen LogP contribution in [0.3, 0.4) is 0 Å². The molecule has 3 aromatic rings. The van der Waals surface area contributed by atoms with E-state index in [4.69, 9.17) is 15.9 Å². The predicted molar refractivity (Wildman–Crippen MR) is 86.1 cm³/mol. The third-order valence-corrected chi connectivity index (χ3v) is 4.20. The van der Waals surface area contributed by atoms with Gasteiger partial charge in [-0.1, -0.05) is 24.3 Å². The first-order valence-electron chi connectivity index (χ1n) is 6.56. The molecular formula is C16H15N3OS. The second-order valence-electron chi connectivity index (χ2n) is 4.76. The zero-order valence-corrected chi connectivity index (χ0v) is 12.4. The van der Waals surface area contributed by atoms with Crippen LogP contribution in [0.1, 0.15) is 16.1 Å². The number of amidine groups is 1. The summed E-state index contributed by atoms with van der Waals surface area (Å²) in [5, 5.41) is 8.42. The van der Waals surface area contributed by atoms with E-state index in [1.807, 2.05) is 37.3 Å². The minimum absolute atomic E-state index is 0.0415. The molecule has 0 unspecified atom stereocenters. The summed E-state index contributed by atoms with van der Waals surface area (Å²) in [4.78, 5) is 4.54. The van der Waals surface area contributed by atoms with Gasteiger partial charge in [0.1, 0.15) is 23.2 Å². The molecule has 0 aliphatic heterocycles. The minimum Gasteiger partial charge on any atom is -0.486 e. The summed E-state index contributed by atoms with van der Waals surface area (Å²) in [6.45, 7) is 2.39. The van der Waals surface area contributed by atoms with Crippen LogP contribution >= 0.6 is 11.3 Å². The van der Waals surface area contributed by atoms with E-state index in [0.717, 1.165) is 26.5 Å². The second-order valence-corrected chi connectivity index (χ2v) is 5.87. The largest absolute Gasteiger partial charge is 0.486 e. The third kappa shape index (κ3) is 2.87. The van der Waals surface area contributed by atoms with Crippen molar-refractivity contribution in [3.8, 4) is 5.75 Å². The molecule has 3 N–H and O–H groups in total. The average Bonchev–Trinajstić information content (AvgIpc) is 2.89. The quantitative estimate of drug-likeness (QED) is 0.572. The van der Waals surface area contributed by atoms with Crippen LogP contribution in [-0.2, 0) is 6.61 Å². The summed E-state index contributed by atoms with van der Waals surface area (Å²) in [7, 11) is 0. The highest BCUT2D eigenvalue weighted by molar-refractivity contribution is 7.18. The molecule has 1 aromatic heterocycles. The van der Waals surface area contributed by atoms with Crippen LogP contribution in [-0.4, -0.2) is 10.8 Å². The summed E-state index contributed by atoms with van der Waals surface area (Å²) in [5.74, 6) is 0.779. The maximum Gasteiger partial charge on any atom is 0.140 e. The number of aryl methyl sites for hydroxylation is 1. The Morgan fingerprint density at radius 2 is 2.10 bits per heavy atom. The molecule has 4 nitrogen and oxygen atoms in total. The molecule has 0 bridgehead atoms. The van der Waals surface area contributed by atoms with Crippen LogP contribution in [0.5, 0.6) is 5.75 Å². The molecule has 106 valence electrons. The fourth-order valence-corrected chi connectivity index (χ4v) is 2.92. The van der Waals surface area contributed by atoms with Crippen LogP contribution in [0.4, 0.5) is 0 Å². The molecule has 0 saturated carbocycles. The molecule has 1 heterocycles. The lowest BCUT2D eigenvalue weighted by Crippen LogP contribution is -2.11. The first-order chi connectivity index (χ1) is 10.1. The zero-order valence-electron chi connectivity index (χ0n) is 11.6. The normalized spacial score (nSPS) is 10.7. The number of rotatable bonds is 4. The molecule has 0 fully saturated rings. The van der Waals surface area contributed by atoms with Crippen molar-refractivity contribution >= 4 is 27.4 Å². The van der Waals surface area contributed by atoms with Crippen LogP contribution in [0.25, 0.3) is 10.2 Å². The van der Waals surface area contributed by atoms with Crippen molar-refractivity contribution in [3.63, 3.8) is 0 Å². The number of aromatic nitrogens is 1. The molecule has 3 rings (SSSR count). The smallest absolute Gasteiger partial charge is 0.140 e. The Hall–Kier alpha value is -2.40. The standard InChI is InChI=1S/C16H15N3OS/c1-10-6-7-11(16(17)18)8-13(10)20-9-15-19-12-4-2-3-5-14(12)21-15/h2-8H,9H2,1H3,(H3,17,18). The second kappa shape index (κ2) is 5.54. The summed E-state index contributed by atoms with van der Waals surface area (Å²) < 4.78 is 7.00. The Kier molecular flexibility index (Phi) is 3.58. The van der Waals surface area contributed by atoms with Gasteiger partial charge in [0.05, 0.1) is 10.2 Å². The van der Waals surface area contributed by atoms with Crippen molar-refractivity contribution in [1.29, 1.82) is 5.41 Å². The number of benzene rings is 2. The Morgan fingerprint density at radius 3 is 2.86 bits per heavy atom. The van der Waals surface area contributed by atoms with Crippen molar-refractivity contribution < 1.29 is 4.74 Å².